The number of amides is 1. The van der Waals surface area contributed by atoms with Crippen LogP contribution in [0.4, 0.5) is 0 Å². The third kappa shape index (κ3) is 2.45. The highest BCUT2D eigenvalue weighted by Crippen LogP contribution is 2.31. The van der Waals surface area contributed by atoms with Crippen LogP contribution in [0.5, 0.6) is 0 Å². The van der Waals surface area contributed by atoms with E-state index in [1.165, 1.54) is 0 Å². The van der Waals surface area contributed by atoms with Gasteiger partial charge in [-0.1, -0.05) is 23.2 Å². The molecule has 1 saturated heterocycles. The lowest BCUT2D eigenvalue weighted by atomic mass is 10.2. The molecule has 1 fully saturated rings. The minimum absolute atomic E-state index is 0.0925. The largest absolute Gasteiger partial charge is 0.350 e. The monoisotopic (exact) mass is 330 g/mol. The summed E-state index contributed by atoms with van der Waals surface area (Å²) in [5.74, 6) is 0.988. The minimum atomic E-state index is -0.798. The fourth-order valence-electron chi connectivity index (χ4n) is 2.27. The van der Waals surface area contributed by atoms with Gasteiger partial charge in [0.1, 0.15) is 5.69 Å². The summed E-state index contributed by atoms with van der Waals surface area (Å²) in [6.07, 6.45) is 0. The van der Waals surface area contributed by atoms with E-state index in [0.717, 1.165) is 10.9 Å². The Bertz CT molecular complexity index is 704. The van der Waals surface area contributed by atoms with Crippen molar-refractivity contribution in [3.8, 4) is 0 Å². The Labute approximate surface area is 128 Å². The van der Waals surface area contributed by atoms with Gasteiger partial charge in [0.2, 0.25) is 0 Å². The molecule has 0 spiro atoms. The summed E-state index contributed by atoms with van der Waals surface area (Å²) < 4.78 is 11.3. The predicted molar refractivity (Wildman–Crippen MR) is 82.1 cm³/mol. The van der Waals surface area contributed by atoms with Crippen molar-refractivity contribution in [3.63, 3.8) is 0 Å². The van der Waals surface area contributed by atoms with Crippen LogP contribution < -0.4 is 0 Å². The summed E-state index contributed by atoms with van der Waals surface area (Å²) in [6, 6.07) is 5.21. The lowest BCUT2D eigenvalue weighted by Gasteiger charge is -2.25. The van der Waals surface area contributed by atoms with Crippen LogP contribution in [0.15, 0.2) is 18.2 Å². The number of nitrogens with zero attached hydrogens (tertiary/aromatic N) is 1. The summed E-state index contributed by atoms with van der Waals surface area (Å²) >= 11 is 12.1. The molecule has 0 unspecified atom stereocenters. The van der Waals surface area contributed by atoms with E-state index in [9.17, 15) is 9.00 Å². The first-order chi connectivity index (χ1) is 9.56. The van der Waals surface area contributed by atoms with Crippen LogP contribution in [-0.2, 0) is 10.8 Å². The lowest BCUT2D eigenvalue weighted by molar-refractivity contribution is 0.0766. The van der Waals surface area contributed by atoms with E-state index in [1.807, 2.05) is 0 Å². The van der Waals surface area contributed by atoms with Gasteiger partial charge in [0.05, 0.1) is 10.0 Å². The van der Waals surface area contributed by atoms with Gasteiger partial charge in [-0.3, -0.25) is 9.00 Å². The van der Waals surface area contributed by atoms with Crippen LogP contribution in [0, 0.1) is 0 Å². The first-order valence-electron chi connectivity index (χ1n) is 6.17. The zero-order valence-electron chi connectivity index (χ0n) is 10.5. The number of aromatic nitrogens is 1. The Kier molecular flexibility index (Phi) is 3.75. The van der Waals surface area contributed by atoms with Gasteiger partial charge in [-0.15, -0.1) is 0 Å². The number of nitrogens with one attached hydrogen (secondary N) is 1. The molecule has 0 saturated carbocycles. The number of rotatable bonds is 1. The van der Waals surface area contributed by atoms with Crippen molar-refractivity contribution >= 4 is 50.8 Å². The molecule has 0 atom stereocenters. The van der Waals surface area contributed by atoms with Gasteiger partial charge in [0.15, 0.2) is 0 Å². The van der Waals surface area contributed by atoms with Crippen molar-refractivity contribution in [3.05, 3.63) is 33.9 Å². The molecule has 2 heterocycles. The fourth-order valence-corrected chi connectivity index (χ4v) is 3.70. The standard InChI is InChI=1S/C13H12Cl2N2O2S/c14-9-1-2-10-8(12(9)15)7-11(16-10)13(18)17-3-5-20(19)6-4-17/h1-2,7,16H,3-6H2. The van der Waals surface area contributed by atoms with Crippen LogP contribution in [0.3, 0.4) is 0 Å². The lowest BCUT2D eigenvalue weighted by Crippen LogP contribution is -2.41. The van der Waals surface area contributed by atoms with Gasteiger partial charge in [-0.25, -0.2) is 0 Å². The van der Waals surface area contributed by atoms with E-state index in [4.69, 9.17) is 23.2 Å². The molecule has 1 aliphatic heterocycles. The maximum absolute atomic E-state index is 12.4. The molecule has 7 heteroatoms. The predicted octanol–water partition coefficient (Wildman–Crippen LogP) is 2.68. The van der Waals surface area contributed by atoms with Crippen LogP contribution in [0.1, 0.15) is 10.5 Å². The van der Waals surface area contributed by atoms with Crippen molar-refractivity contribution in [2.45, 2.75) is 0 Å². The minimum Gasteiger partial charge on any atom is -0.350 e. The molecule has 106 valence electrons. The van der Waals surface area contributed by atoms with Crippen LogP contribution in [0.25, 0.3) is 10.9 Å². The Morgan fingerprint density at radius 3 is 2.65 bits per heavy atom. The number of fused-ring (bicyclic) bond motifs is 1. The Hall–Kier alpha value is -1.04. The topological polar surface area (TPSA) is 53.2 Å². The molecule has 1 aromatic heterocycles. The number of hydrogen-bond acceptors (Lipinski definition) is 2. The summed E-state index contributed by atoms with van der Waals surface area (Å²) in [5, 5.41) is 1.65. The Morgan fingerprint density at radius 1 is 1.25 bits per heavy atom. The molecule has 1 aliphatic rings. The first kappa shape index (κ1) is 13.9. The highest BCUT2D eigenvalue weighted by atomic mass is 35.5. The van der Waals surface area contributed by atoms with Gasteiger partial charge < -0.3 is 9.88 Å². The number of carbonyl (C=O) groups is 1. The van der Waals surface area contributed by atoms with Gasteiger partial charge in [0, 0.05) is 46.3 Å². The zero-order valence-corrected chi connectivity index (χ0v) is 12.8. The summed E-state index contributed by atoms with van der Waals surface area (Å²) in [5.41, 5.74) is 1.26. The second kappa shape index (κ2) is 5.39. The van der Waals surface area contributed by atoms with Gasteiger partial charge in [0.25, 0.3) is 5.91 Å². The zero-order chi connectivity index (χ0) is 14.3. The smallest absolute Gasteiger partial charge is 0.270 e. The molecular weight excluding hydrogens is 319 g/mol. The molecule has 0 radical (unpaired) electrons. The highest BCUT2D eigenvalue weighted by molar-refractivity contribution is 7.85. The van der Waals surface area contributed by atoms with Crippen molar-refractivity contribution < 1.29 is 9.00 Å². The van der Waals surface area contributed by atoms with E-state index in [0.29, 0.717) is 40.3 Å². The number of aromatic amines is 1. The molecule has 20 heavy (non-hydrogen) atoms. The summed E-state index contributed by atoms with van der Waals surface area (Å²) in [7, 11) is -0.798. The Balaban J connectivity index is 1.92. The third-order valence-electron chi connectivity index (χ3n) is 3.39. The highest BCUT2D eigenvalue weighted by Gasteiger charge is 2.23. The molecule has 0 bridgehead atoms. The number of H-pyrrole nitrogens is 1. The van der Waals surface area contributed by atoms with Crippen molar-refractivity contribution in [1.29, 1.82) is 0 Å². The van der Waals surface area contributed by atoms with Crippen LogP contribution in [0.2, 0.25) is 10.0 Å². The maximum Gasteiger partial charge on any atom is 0.270 e. The molecule has 0 aliphatic carbocycles. The molecule has 4 nitrogen and oxygen atoms in total. The van der Waals surface area contributed by atoms with E-state index in [-0.39, 0.29) is 5.91 Å². The summed E-state index contributed by atoms with van der Waals surface area (Å²) in [6.45, 7) is 1.05. The molecular formula is C13H12Cl2N2O2S. The van der Waals surface area contributed by atoms with Crippen LogP contribution >= 0.6 is 23.2 Å². The van der Waals surface area contributed by atoms with Gasteiger partial charge >= 0.3 is 0 Å². The average molecular weight is 331 g/mol. The van der Waals surface area contributed by atoms with Crippen molar-refractivity contribution in [2.75, 3.05) is 24.6 Å². The van der Waals surface area contributed by atoms with Crippen LogP contribution in [-0.4, -0.2) is 44.6 Å². The normalized spacial score (nSPS) is 16.8. The average Bonchev–Trinajstić information content (AvgIpc) is 2.88. The Morgan fingerprint density at radius 2 is 1.95 bits per heavy atom. The molecule has 1 aromatic carbocycles. The van der Waals surface area contributed by atoms with Crippen molar-refractivity contribution in [2.24, 2.45) is 0 Å². The molecule has 2 aromatic rings. The SMILES string of the molecule is O=C(c1cc2c(Cl)c(Cl)ccc2[nH]1)N1CCS(=O)CC1. The molecule has 1 N–H and O–H groups in total. The number of hydrogen-bond donors (Lipinski definition) is 1. The van der Waals surface area contributed by atoms with Gasteiger partial charge in [-0.2, -0.15) is 0 Å². The first-order valence-corrected chi connectivity index (χ1v) is 8.41. The fraction of sp³-hybridized carbons (Fsp3) is 0.308. The second-order valence-electron chi connectivity index (χ2n) is 4.65. The number of halogens is 2. The van der Waals surface area contributed by atoms with E-state index >= 15 is 0 Å². The number of carbonyl (C=O) groups excluding carboxylic acids is 1. The van der Waals surface area contributed by atoms with Gasteiger partial charge in [-0.05, 0) is 18.2 Å². The molecule has 1 amide bonds. The summed E-state index contributed by atoms with van der Waals surface area (Å²) in [4.78, 5) is 17.2. The van der Waals surface area contributed by atoms with Crippen molar-refractivity contribution in [1.82, 2.24) is 9.88 Å². The van der Waals surface area contributed by atoms with E-state index < -0.39 is 10.8 Å². The van der Waals surface area contributed by atoms with E-state index in [2.05, 4.69) is 4.98 Å². The molecule has 3 rings (SSSR count). The maximum atomic E-state index is 12.4. The number of benzene rings is 1. The second-order valence-corrected chi connectivity index (χ2v) is 7.13. The van der Waals surface area contributed by atoms with E-state index in [1.54, 1.807) is 23.1 Å². The quantitative estimate of drug-likeness (QED) is 0.873. The third-order valence-corrected chi connectivity index (χ3v) is 5.48.